The van der Waals surface area contributed by atoms with Crippen molar-refractivity contribution in [3.8, 4) is 0 Å². The molecule has 0 aromatic carbocycles. The summed E-state index contributed by atoms with van der Waals surface area (Å²) in [5.41, 5.74) is -0.914. The number of methoxy groups -OCH3 is 2. The first-order valence-electron chi connectivity index (χ1n) is 4.59. The van der Waals surface area contributed by atoms with E-state index in [1.807, 2.05) is 13.8 Å². The summed E-state index contributed by atoms with van der Waals surface area (Å²) in [7, 11) is 3.28. The van der Waals surface area contributed by atoms with Crippen LogP contribution in [0.2, 0.25) is 0 Å². The molecule has 0 aliphatic heterocycles. The van der Waals surface area contributed by atoms with Crippen molar-refractivity contribution in [1.82, 2.24) is 0 Å². The summed E-state index contributed by atoms with van der Waals surface area (Å²) in [6.45, 7) is 6.17. The van der Waals surface area contributed by atoms with E-state index >= 15 is 0 Å². The van der Waals surface area contributed by atoms with Gasteiger partial charge >= 0.3 is 0 Å². The van der Waals surface area contributed by atoms with Crippen LogP contribution in [0.25, 0.3) is 0 Å². The quantitative estimate of drug-likeness (QED) is 0.691. The highest BCUT2D eigenvalue weighted by Crippen LogP contribution is 2.21. The van der Waals surface area contributed by atoms with E-state index in [4.69, 9.17) is 9.47 Å². The van der Waals surface area contributed by atoms with Crippen molar-refractivity contribution < 1.29 is 14.6 Å². The van der Waals surface area contributed by atoms with Crippen molar-refractivity contribution in [2.45, 2.75) is 44.8 Å². The Bertz CT molecular complexity index is 141. The first-order valence-corrected chi connectivity index (χ1v) is 4.59. The lowest BCUT2D eigenvalue weighted by Crippen LogP contribution is -2.34. The van der Waals surface area contributed by atoms with E-state index in [0.29, 0.717) is 13.0 Å². The van der Waals surface area contributed by atoms with E-state index in [9.17, 15) is 5.11 Å². The maximum atomic E-state index is 9.79. The first kappa shape index (κ1) is 12.9. The predicted octanol–water partition coefficient (Wildman–Crippen LogP) is 1.59. The Labute approximate surface area is 81.0 Å². The fraction of sp³-hybridized carbons (Fsp3) is 1.00. The number of hydrogen-bond donors (Lipinski definition) is 1. The van der Waals surface area contributed by atoms with Gasteiger partial charge in [0.05, 0.1) is 17.8 Å². The number of ether oxygens (including phenoxy) is 2. The summed E-state index contributed by atoms with van der Waals surface area (Å²) in [6, 6.07) is 0. The van der Waals surface area contributed by atoms with Crippen LogP contribution < -0.4 is 0 Å². The van der Waals surface area contributed by atoms with Crippen LogP contribution in [0, 0.1) is 0 Å². The van der Waals surface area contributed by atoms with Gasteiger partial charge in [0.1, 0.15) is 0 Å². The van der Waals surface area contributed by atoms with E-state index in [1.54, 1.807) is 21.1 Å². The summed E-state index contributed by atoms with van der Waals surface area (Å²) in [4.78, 5) is 0. The zero-order chi connectivity index (χ0) is 10.5. The molecule has 0 aliphatic rings. The molecule has 0 aromatic heterocycles. The van der Waals surface area contributed by atoms with Crippen LogP contribution in [0.1, 0.15) is 33.6 Å². The molecule has 0 saturated carbocycles. The molecule has 0 aromatic rings. The molecule has 0 aliphatic carbocycles. The largest absolute Gasteiger partial charge is 0.388 e. The van der Waals surface area contributed by atoms with Crippen LogP contribution in [-0.2, 0) is 9.47 Å². The summed E-state index contributed by atoms with van der Waals surface area (Å²) in [6.07, 6.45) is 1.50. The highest BCUT2D eigenvalue weighted by molar-refractivity contribution is 4.77. The second-order valence-corrected chi connectivity index (χ2v) is 4.39. The summed E-state index contributed by atoms with van der Waals surface area (Å²) in [5.74, 6) is 0. The summed E-state index contributed by atoms with van der Waals surface area (Å²) < 4.78 is 10.2. The normalized spacial score (nSPS) is 17.1. The van der Waals surface area contributed by atoms with Gasteiger partial charge < -0.3 is 14.6 Å². The van der Waals surface area contributed by atoms with Gasteiger partial charge in [0.2, 0.25) is 0 Å². The maximum Gasteiger partial charge on any atom is 0.0853 e. The Morgan fingerprint density at radius 1 is 1.08 bits per heavy atom. The molecule has 80 valence electrons. The van der Waals surface area contributed by atoms with Crippen LogP contribution in [0.4, 0.5) is 0 Å². The van der Waals surface area contributed by atoms with E-state index in [1.165, 1.54) is 0 Å². The minimum atomic E-state index is -0.745. The molecule has 1 unspecified atom stereocenters. The van der Waals surface area contributed by atoms with Gasteiger partial charge in [0.15, 0.2) is 0 Å². The van der Waals surface area contributed by atoms with Crippen LogP contribution in [-0.4, -0.2) is 37.1 Å². The van der Waals surface area contributed by atoms with Crippen LogP contribution in [0.3, 0.4) is 0 Å². The van der Waals surface area contributed by atoms with Gasteiger partial charge in [0, 0.05) is 14.2 Å². The monoisotopic (exact) mass is 190 g/mol. The van der Waals surface area contributed by atoms with Gasteiger partial charge in [-0.3, -0.25) is 0 Å². The van der Waals surface area contributed by atoms with Gasteiger partial charge in [-0.2, -0.15) is 0 Å². The van der Waals surface area contributed by atoms with Gasteiger partial charge in [-0.1, -0.05) is 0 Å². The molecule has 3 heteroatoms. The van der Waals surface area contributed by atoms with Gasteiger partial charge in [0.25, 0.3) is 0 Å². The molecule has 3 nitrogen and oxygen atoms in total. The van der Waals surface area contributed by atoms with Gasteiger partial charge in [-0.25, -0.2) is 0 Å². The third kappa shape index (κ3) is 6.02. The molecule has 0 bridgehead atoms. The summed E-state index contributed by atoms with van der Waals surface area (Å²) in [5, 5.41) is 9.79. The Kier molecular flexibility index (Phi) is 4.89. The molecular formula is C10H22O3. The lowest BCUT2D eigenvalue weighted by atomic mass is 9.93. The van der Waals surface area contributed by atoms with Crippen molar-refractivity contribution in [2.75, 3.05) is 20.8 Å². The van der Waals surface area contributed by atoms with Crippen molar-refractivity contribution in [1.29, 1.82) is 0 Å². The minimum absolute atomic E-state index is 0.169. The van der Waals surface area contributed by atoms with Gasteiger partial charge in [-0.05, 0) is 33.6 Å². The molecule has 1 N–H and O–H groups in total. The minimum Gasteiger partial charge on any atom is -0.388 e. The molecule has 1 atom stereocenters. The average Bonchev–Trinajstić information content (AvgIpc) is 2.02. The fourth-order valence-corrected chi connectivity index (χ4v) is 1.06. The Morgan fingerprint density at radius 2 is 1.62 bits per heavy atom. The molecule has 0 radical (unpaired) electrons. The molecular weight excluding hydrogens is 168 g/mol. The Morgan fingerprint density at radius 3 is 2.00 bits per heavy atom. The highest BCUT2D eigenvalue weighted by Gasteiger charge is 2.25. The SMILES string of the molecule is COCC(C)(O)CCC(C)(C)OC. The molecule has 13 heavy (non-hydrogen) atoms. The van der Waals surface area contributed by atoms with Crippen molar-refractivity contribution in [3.63, 3.8) is 0 Å². The lowest BCUT2D eigenvalue weighted by molar-refractivity contribution is -0.0504. The van der Waals surface area contributed by atoms with Crippen LogP contribution in [0.15, 0.2) is 0 Å². The fourth-order valence-electron chi connectivity index (χ4n) is 1.06. The number of rotatable bonds is 6. The second-order valence-electron chi connectivity index (χ2n) is 4.39. The van der Waals surface area contributed by atoms with Crippen molar-refractivity contribution in [2.24, 2.45) is 0 Å². The zero-order valence-electron chi connectivity index (χ0n) is 9.39. The first-order chi connectivity index (χ1) is 5.83. The van der Waals surface area contributed by atoms with Crippen LogP contribution in [0.5, 0.6) is 0 Å². The third-order valence-corrected chi connectivity index (χ3v) is 2.27. The van der Waals surface area contributed by atoms with Gasteiger partial charge in [-0.15, -0.1) is 0 Å². The molecule has 0 heterocycles. The number of aliphatic hydroxyl groups is 1. The average molecular weight is 190 g/mol. The second kappa shape index (κ2) is 4.94. The van der Waals surface area contributed by atoms with E-state index < -0.39 is 5.60 Å². The van der Waals surface area contributed by atoms with Crippen molar-refractivity contribution >= 4 is 0 Å². The van der Waals surface area contributed by atoms with E-state index in [0.717, 1.165) is 6.42 Å². The van der Waals surface area contributed by atoms with E-state index in [-0.39, 0.29) is 5.60 Å². The molecule has 0 spiro atoms. The van der Waals surface area contributed by atoms with Crippen molar-refractivity contribution in [3.05, 3.63) is 0 Å². The topological polar surface area (TPSA) is 38.7 Å². The molecule has 0 amide bonds. The standard InChI is InChI=1S/C10H22O3/c1-9(2,13-5)6-7-10(3,11)8-12-4/h11H,6-8H2,1-5H3. The smallest absolute Gasteiger partial charge is 0.0853 e. The molecule has 0 saturated heterocycles. The van der Waals surface area contributed by atoms with Crippen LogP contribution >= 0.6 is 0 Å². The number of hydrogen-bond acceptors (Lipinski definition) is 3. The predicted molar refractivity (Wildman–Crippen MR) is 52.8 cm³/mol. The molecule has 0 rings (SSSR count). The van der Waals surface area contributed by atoms with E-state index in [2.05, 4.69) is 0 Å². The maximum absolute atomic E-state index is 9.79. The lowest BCUT2D eigenvalue weighted by Gasteiger charge is -2.28. The highest BCUT2D eigenvalue weighted by atomic mass is 16.5. The zero-order valence-corrected chi connectivity index (χ0v) is 9.39. The Balaban J connectivity index is 3.86. The summed E-state index contributed by atoms with van der Waals surface area (Å²) >= 11 is 0. The third-order valence-electron chi connectivity index (χ3n) is 2.27. The molecule has 0 fully saturated rings. The Hall–Kier alpha value is -0.120.